The van der Waals surface area contributed by atoms with Crippen molar-refractivity contribution < 1.29 is 5.11 Å². The van der Waals surface area contributed by atoms with Crippen molar-refractivity contribution >= 4 is 11.0 Å². The van der Waals surface area contributed by atoms with E-state index in [-0.39, 0.29) is 17.6 Å². The van der Waals surface area contributed by atoms with E-state index in [1.165, 1.54) is 0 Å². The lowest BCUT2D eigenvalue weighted by Crippen LogP contribution is -2.30. The second-order valence-electron chi connectivity index (χ2n) is 4.58. The Morgan fingerprint density at radius 2 is 2.29 bits per heavy atom. The van der Waals surface area contributed by atoms with Crippen molar-refractivity contribution in [2.24, 2.45) is 0 Å². The van der Waals surface area contributed by atoms with Crippen LogP contribution < -0.4 is 5.69 Å². The summed E-state index contributed by atoms with van der Waals surface area (Å²) in [6.45, 7) is 0.984. The normalized spacial score (nSPS) is 21.4. The van der Waals surface area contributed by atoms with E-state index in [4.69, 9.17) is 0 Å². The molecule has 1 unspecified atom stereocenters. The minimum atomic E-state index is -0.153. The fourth-order valence-electron chi connectivity index (χ4n) is 2.67. The molecule has 0 aliphatic carbocycles. The standard InChI is InChI=1S/C12H15N3O2/c1-14-7-3-6-10(14)15-11-8(13-12(15)17)4-2-5-9(11)16/h2,4-5,10,16H,3,6-7H2,1H3,(H,13,17). The molecule has 0 saturated carbocycles. The maximum absolute atomic E-state index is 12.0. The Bertz CT molecular complexity index is 614. The van der Waals surface area contributed by atoms with Crippen molar-refractivity contribution in [1.82, 2.24) is 14.5 Å². The van der Waals surface area contributed by atoms with Gasteiger partial charge in [0.1, 0.15) is 11.3 Å². The molecule has 0 spiro atoms. The highest BCUT2D eigenvalue weighted by Gasteiger charge is 2.26. The molecule has 2 N–H and O–H groups in total. The molecule has 1 aromatic heterocycles. The van der Waals surface area contributed by atoms with Crippen molar-refractivity contribution in [3.63, 3.8) is 0 Å². The lowest BCUT2D eigenvalue weighted by atomic mass is 10.2. The van der Waals surface area contributed by atoms with Crippen molar-refractivity contribution in [3.05, 3.63) is 28.7 Å². The fraction of sp³-hybridized carbons (Fsp3) is 0.417. The van der Waals surface area contributed by atoms with Gasteiger partial charge in [0.2, 0.25) is 0 Å². The number of para-hydroxylation sites is 1. The van der Waals surface area contributed by atoms with Gasteiger partial charge in [-0.05, 0) is 38.6 Å². The van der Waals surface area contributed by atoms with Crippen LogP contribution in [0.4, 0.5) is 0 Å². The number of hydrogen-bond donors (Lipinski definition) is 2. The first-order valence-electron chi connectivity index (χ1n) is 5.81. The number of likely N-dealkylation sites (tertiary alicyclic amines) is 1. The van der Waals surface area contributed by atoms with Gasteiger partial charge in [0, 0.05) is 0 Å². The number of aromatic hydroxyl groups is 1. The number of nitrogens with one attached hydrogen (secondary N) is 1. The molecule has 1 aromatic carbocycles. The van der Waals surface area contributed by atoms with E-state index in [2.05, 4.69) is 9.88 Å². The van der Waals surface area contributed by atoms with Gasteiger partial charge < -0.3 is 10.1 Å². The summed E-state index contributed by atoms with van der Waals surface area (Å²) in [5, 5.41) is 9.91. The molecule has 1 fully saturated rings. The predicted molar refractivity (Wildman–Crippen MR) is 65.1 cm³/mol. The second-order valence-corrected chi connectivity index (χ2v) is 4.58. The number of fused-ring (bicyclic) bond motifs is 1. The Hall–Kier alpha value is -1.75. The van der Waals surface area contributed by atoms with E-state index >= 15 is 0 Å². The van der Waals surface area contributed by atoms with E-state index in [0.717, 1.165) is 19.4 Å². The molecule has 90 valence electrons. The number of phenolic OH excluding ortho intramolecular Hbond substituents is 1. The van der Waals surface area contributed by atoms with Crippen LogP contribution in [0.2, 0.25) is 0 Å². The highest BCUT2D eigenvalue weighted by molar-refractivity contribution is 5.81. The first-order chi connectivity index (χ1) is 8.18. The molecule has 3 rings (SSSR count). The highest BCUT2D eigenvalue weighted by Crippen LogP contribution is 2.30. The molecule has 17 heavy (non-hydrogen) atoms. The number of aromatic amines is 1. The van der Waals surface area contributed by atoms with Gasteiger partial charge in [0.15, 0.2) is 0 Å². The van der Waals surface area contributed by atoms with Crippen molar-refractivity contribution in [3.8, 4) is 5.75 Å². The number of hydrogen-bond acceptors (Lipinski definition) is 3. The molecule has 1 saturated heterocycles. The van der Waals surface area contributed by atoms with E-state index in [9.17, 15) is 9.90 Å². The number of aromatic nitrogens is 2. The molecule has 0 amide bonds. The van der Waals surface area contributed by atoms with Crippen LogP contribution in [0.25, 0.3) is 11.0 Å². The molecule has 0 bridgehead atoms. The van der Waals surface area contributed by atoms with Crippen molar-refractivity contribution in [2.45, 2.75) is 19.0 Å². The summed E-state index contributed by atoms with van der Waals surface area (Å²) >= 11 is 0. The SMILES string of the molecule is CN1CCCC1n1c(=O)[nH]c2cccc(O)c21. The molecule has 5 heteroatoms. The van der Waals surface area contributed by atoms with Crippen LogP contribution >= 0.6 is 0 Å². The Morgan fingerprint density at radius 1 is 1.47 bits per heavy atom. The Kier molecular flexibility index (Phi) is 2.22. The molecular formula is C12H15N3O2. The molecular weight excluding hydrogens is 218 g/mol. The summed E-state index contributed by atoms with van der Waals surface area (Å²) in [5.41, 5.74) is 1.15. The van der Waals surface area contributed by atoms with Gasteiger partial charge in [0.25, 0.3) is 0 Å². The lowest BCUT2D eigenvalue weighted by Gasteiger charge is -2.20. The third-order valence-corrected chi connectivity index (χ3v) is 3.50. The summed E-state index contributed by atoms with van der Waals surface area (Å²) in [4.78, 5) is 16.9. The van der Waals surface area contributed by atoms with Gasteiger partial charge in [-0.25, -0.2) is 4.79 Å². The highest BCUT2D eigenvalue weighted by atomic mass is 16.3. The predicted octanol–water partition coefficient (Wildman–Crippen LogP) is 1.26. The quantitative estimate of drug-likeness (QED) is 0.779. The summed E-state index contributed by atoms with van der Waals surface area (Å²) in [5.74, 6) is 0.154. The third-order valence-electron chi connectivity index (χ3n) is 3.50. The summed E-state index contributed by atoms with van der Waals surface area (Å²) in [6, 6.07) is 5.15. The fourth-order valence-corrected chi connectivity index (χ4v) is 2.67. The number of H-pyrrole nitrogens is 1. The molecule has 2 aromatic rings. The smallest absolute Gasteiger partial charge is 0.327 e. The molecule has 2 heterocycles. The van der Waals surface area contributed by atoms with Crippen LogP contribution in [0.15, 0.2) is 23.0 Å². The van der Waals surface area contributed by atoms with Crippen molar-refractivity contribution in [1.29, 1.82) is 0 Å². The van der Waals surface area contributed by atoms with Gasteiger partial charge >= 0.3 is 5.69 Å². The molecule has 1 aliphatic heterocycles. The van der Waals surface area contributed by atoms with Gasteiger partial charge in [-0.15, -0.1) is 0 Å². The van der Waals surface area contributed by atoms with Gasteiger partial charge in [-0.2, -0.15) is 0 Å². The monoisotopic (exact) mass is 233 g/mol. The van der Waals surface area contributed by atoms with E-state index < -0.39 is 0 Å². The number of nitrogens with zero attached hydrogens (tertiary/aromatic N) is 2. The van der Waals surface area contributed by atoms with Crippen LogP contribution in [0.5, 0.6) is 5.75 Å². The number of imidazole rings is 1. The zero-order chi connectivity index (χ0) is 12.0. The largest absolute Gasteiger partial charge is 0.506 e. The molecule has 1 atom stereocenters. The van der Waals surface area contributed by atoms with Crippen LogP contribution in [0, 0.1) is 0 Å². The van der Waals surface area contributed by atoms with E-state index in [1.54, 1.807) is 16.7 Å². The Balaban J connectivity index is 2.28. The number of benzene rings is 1. The van der Waals surface area contributed by atoms with E-state index in [0.29, 0.717) is 11.0 Å². The first kappa shape index (κ1) is 10.4. The minimum Gasteiger partial charge on any atom is -0.506 e. The van der Waals surface area contributed by atoms with Crippen LogP contribution in [-0.4, -0.2) is 33.1 Å². The molecule has 5 nitrogen and oxygen atoms in total. The average molecular weight is 233 g/mol. The van der Waals surface area contributed by atoms with Crippen LogP contribution in [0.3, 0.4) is 0 Å². The maximum atomic E-state index is 12.0. The Labute approximate surface area is 98.3 Å². The minimum absolute atomic E-state index is 0.0459. The van der Waals surface area contributed by atoms with Crippen LogP contribution in [-0.2, 0) is 0 Å². The van der Waals surface area contributed by atoms with Gasteiger partial charge in [-0.3, -0.25) is 9.47 Å². The lowest BCUT2D eigenvalue weighted by molar-refractivity contribution is 0.238. The summed E-state index contributed by atoms with van der Waals surface area (Å²) in [7, 11) is 2.00. The third kappa shape index (κ3) is 1.46. The zero-order valence-electron chi connectivity index (χ0n) is 9.68. The first-order valence-corrected chi connectivity index (χ1v) is 5.81. The zero-order valence-corrected chi connectivity index (χ0v) is 9.68. The molecule has 0 radical (unpaired) electrons. The number of phenols is 1. The van der Waals surface area contributed by atoms with E-state index in [1.807, 2.05) is 13.1 Å². The van der Waals surface area contributed by atoms with Gasteiger partial charge in [-0.1, -0.05) is 6.07 Å². The van der Waals surface area contributed by atoms with Crippen molar-refractivity contribution in [2.75, 3.05) is 13.6 Å². The summed E-state index contributed by atoms with van der Waals surface area (Å²) < 4.78 is 1.66. The Morgan fingerprint density at radius 3 is 3.00 bits per heavy atom. The van der Waals surface area contributed by atoms with Gasteiger partial charge in [0.05, 0.1) is 11.7 Å². The molecule has 1 aliphatic rings. The second kappa shape index (κ2) is 3.63. The topological polar surface area (TPSA) is 61.3 Å². The van der Waals surface area contributed by atoms with Crippen LogP contribution in [0.1, 0.15) is 19.0 Å². The maximum Gasteiger partial charge on any atom is 0.327 e. The average Bonchev–Trinajstić information content (AvgIpc) is 2.82. The summed E-state index contributed by atoms with van der Waals surface area (Å²) in [6.07, 6.45) is 2.07. The number of rotatable bonds is 1.